The standard InChI is InChI=1S/C21H19NO6S/c23-19(12-5-6-14-15(9-12)28-11-27-14)17-18(16-4-2-8-29-16)22(21(25)20(17)24)10-13-3-1-7-26-13/h2,4-6,8-9,13,18,23H,1,3,7,10-11H2/b19-17-. The zero-order chi connectivity index (χ0) is 20.0. The van der Waals surface area contributed by atoms with Crippen LogP contribution in [0.2, 0.25) is 0 Å². The lowest BCUT2D eigenvalue weighted by Gasteiger charge is -2.26. The highest BCUT2D eigenvalue weighted by Gasteiger charge is 2.47. The second-order valence-corrected chi connectivity index (χ2v) is 8.15. The predicted molar refractivity (Wildman–Crippen MR) is 105 cm³/mol. The van der Waals surface area contributed by atoms with Crippen LogP contribution >= 0.6 is 11.3 Å². The van der Waals surface area contributed by atoms with Crippen LogP contribution in [0.4, 0.5) is 0 Å². The van der Waals surface area contributed by atoms with Gasteiger partial charge >= 0.3 is 0 Å². The third-order valence-corrected chi connectivity index (χ3v) is 6.35. The molecular weight excluding hydrogens is 394 g/mol. The predicted octanol–water partition coefficient (Wildman–Crippen LogP) is 3.08. The van der Waals surface area contributed by atoms with E-state index < -0.39 is 17.7 Å². The smallest absolute Gasteiger partial charge is 0.295 e. The molecule has 150 valence electrons. The summed E-state index contributed by atoms with van der Waals surface area (Å²) in [6, 6.07) is 8.06. The summed E-state index contributed by atoms with van der Waals surface area (Å²) in [7, 11) is 0. The molecule has 1 amide bonds. The fourth-order valence-electron chi connectivity index (χ4n) is 4.02. The highest BCUT2D eigenvalue weighted by atomic mass is 32.1. The van der Waals surface area contributed by atoms with Crippen LogP contribution in [-0.4, -0.2) is 47.7 Å². The first-order chi connectivity index (χ1) is 14.1. The molecule has 0 spiro atoms. The number of benzene rings is 1. The quantitative estimate of drug-likeness (QED) is 0.471. The maximum Gasteiger partial charge on any atom is 0.295 e. The maximum absolute atomic E-state index is 12.9. The second kappa shape index (κ2) is 7.20. The number of hydrogen-bond acceptors (Lipinski definition) is 7. The molecule has 8 heteroatoms. The van der Waals surface area contributed by atoms with Crippen LogP contribution in [0.5, 0.6) is 11.5 Å². The third kappa shape index (κ3) is 3.08. The van der Waals surface area contributed by atoms with Crippen LogP contribution in [0.15, 0.2) is 41.3 Å². The Bertz CT molecular complexity index is 993. The Morgan fingerprint density at radius 3 is 2.83 bits per heavy atom. The van der Waals surface area contributed by atoms with Gasteiger partial charge in [0.05, 0.1) is 17.7 Å². The molecule has 1 aromatic heterocycles. The van der Waals surface area contributed by atoms with E-state index in [1.165, 1.54) is 16.2 Å². The lowest BCUT2D eigenvalue weighted by molar-refractivity contribution is -0.140. The first-order valence-electron chi connectivity index (χ1n) is 9.47. The van der Waals surface area contributed by atoms with E-state index in [0.717, 1.165) is 17.7 Å². The van der Waals surface area contributed by atoms with Gasteiger partial charge in [-0.25, -0.2) is 0 Å². The number of thiophene rings is 1. The van der Waals surface area contributed by atoms with Crippen molar-refractivity contribution >= 4 is 28.8 Å². The molecule has 0 radical (unpaired) electrons. The van der Waals surface area contributed by atoms with E-state index in [1.807, 2.05) is 17.5 Å². The van der Waals surface area contributed by atoms with Crippen LogP contribution in [0.25, 0.3) is 5.76 Å². The number of likely N-dealkylation sites (tertiary alicyclic amines) is 1. The van der Waals surface area contributed by atoms with Gasteiger partial charge in [-0.2, -0.15) is 0 Å². The number of fused-ring (bicyclic) bond motifs is 1. The average Bonchev–Trinajstić information content (AvgIpc) is 3.51. The van der Waals surface area contributed by atoms with Crippen molar-refractivity contribution in [2.75, 3.05) is 19.9 Å². The topological polar surface area (TPSA) is 85.3 Å². The number of aliphatic hydroxyl groups excluding tert-OH is 1. The van der Waals surface area contributed by atoms with E-state index in [2.05, 4.69) is 0 Å². The molecular formula is C21H19NO6S. The third-order valence-electron chi connectivity index (χ3n) is 5.42. The molecule has 0 aliphatic carbocycles. The fraction of sp³-hybridized carbons (Fsp3) is 0.333. The number of amides is 1. The molecule has 1 aromatic carbocycles. The fourth-order valence-corrected chi connectivity index (χ4v) is 4.86. The molecule has 3 aliphatic heterocycles. The van der Waals surface area contributed by atoms with E-state index in [0.29, 0.717) is 30.2 Å². The Balaban J connectivity index is 1.58. The summed E-state index contributed by atoms with van der Waals surface area (Å²) in [5, 5.41) is 12.9. The van der Waals surface area contributed by atoms with Gasteiger partial charge in [0.2, 0.25) is 6.79 Å². The molecule has 0 bridgehead atoms. The van der Waals surface area contributed by atoms with Crippen molar-refractivity contribution in [2.45, 2.75) is 25.0 Å². The van der Waals surface area contributed by atoms with Crippen molar-refractivity contribution in [1.82, 2.24) is 4.90 Å². The molecule has 2 fully saturated rings. The minimum Gasteiger partial charge on any atom is -0.507 e. The zero-order valence-electron chi connectivity index (χ0n) is 15.5. The van der Waals surface area contributed by atoms with Gasteiger partial charge in [-0.05, 0) is 42.5 Å². The van der Waals surface area contributed by atoms with Crippen LogP contribution < -0.4 is 9.47 Å². The first-order valence-corrected chi connectivity index (χ1v) is 10.3. The average molecular weight is 413 g/mol. The first kappa shape index (κ1) is 18.2. The molecule has 2 atom stereocenters. The van der Waals surface area contributed by atoms with Gasteiger partial charge in [-0.15, -0.1) is 11.3 Å². The summed E-state index contributed by atoms with van der Waals surface area (Å²) in [4.78, 5) is 28.2. The minimum atomic E-state index is -0.684. The van der Waals surface area contributed by atoms with E-state index in [1.54, 1.807) is 18.2 Å². The summed E-state index contributed by atoms with van der Waals surface area (Å²) in [5.74, 6) is -0.432. The molecule has 0 saturated carbocycles. The molecule has 1 N–H and O–H groups in total. The summed E-state index contributed by atoms with van der Waals surface area (Å²) in [6.45, 7) is 1.10. The zero-order valence-corrected chi connectivity index (χ0v) is 16.3. The van der Waals surface area contributed by atoms with E-state index in [9.17, 15) is 14.7 Å². The summed E-state index contributed by atoms with van der Waals surface area (Å²) in [6.07, 6.45) is 1.69. The van der Waals surface area contributed by atoms with E-state index >= 15 is 0 Å². The number of hydrogen-bond donors (Lipinski definition) is 1. The van der Waals surface area contributed by atoms with Crippen molar-refractivity contribution in [3.05, 3.63) is 51.7 Å². The molecule has 5 rings (SSSR count). The second-order valence-electron chi connectivity index (χ2n) is 7.17. The van der Waals surface area contributed by atoms with Gasteiger partial charge in [-0.1, -0.05) is 6.07 Å². The molecule has 3 aliphatic rings. The van der Waals surface area contributed by atoms with Crippen LogP contribution in [0, 0.1) is 0 Å². The number of rotatable bonds is 4. The number of ketones is 1. The molecule has 29 heavy (non-hydrogen) atoms. The molecule has 2 saturated heterocycles. The molecule has 2 aromatic rings. The van der Waals surface area contributed by atoms with Gasteiger partial charge in [-0.3, -0.25) is 9.59 Å². The van der Waals surface area contributed by atoms with Gasteiger partial charge in [0.15, 0.2) is 11.5 Å². The summed E-state index contributed by atoms with van der Waals surface area (Å²) >= 11 is 1.45. The van der Waals surface area contributed by atoms with Crippen LogP contribution in [0.1, 0.15) is 29.3 Å². The number of carbonyl (C=O) groups is 2. The van der Waals surface area contributed by atoms with Crippen molar-refractivity contribution in [2.24, 2.45) is 0 Å². The van der Waals surface area contributed by atoms with Gasteiger partial charge in [0, 0.05) is 23.6 Å². The largest absolute Gasteiger partial charge is 0.507 e. The molecule has 2 unspecified atom stereocenters. The Morgan fingerprint density at radius 1 is 1.21 bits per heavy atom. The lowest BCUT2D eigenvalue weighted by Crippen LogP contribution is -2.36. The minimum absolute atomic E-state index is 0.0920. The van der Waals surface area contributed by atoms with Gasteiger partial charge in [0.1, 0.15) is 5.76 Å². The monoisotopic (exact) mass is 413 g/mol. The Kier molecular flexibility index (Phi) is 4.52. The highest BCUT2D eigenvalue weighted by molar-refractivity contribution is 7.10. The summed E-state index contributed by atoms with van der Waals surface area (Å²) < 4.78 is 16.4. The SMILES string of the molecule is O=C1C(=O)N(CC2CCCO2)C(c2cccs2)/C1=C(/O)c1ccc2c(c1)OCO2. The normalized spacial score (nSPS) is 25.2. The maximum atomic E-state index is 12.9. The molecule has 4 heterocycles. The van der Waals surface area contributed by atoms with Crippen LogP contribution in [-0.2, 0) is 14.3 Å². The number of carbonyl (C=O) groups excluding carboxylic acids is 2. The Morgan fingerprint density at radius 2 is 2.07 bits per heavy atom. The number of aliphatic hydroxyl groups is 1. The molecule has 7 nitrogen and oxygen atoms in total. The number of ether oxygens (including phenoxy) is 3. The Hall–Kier alpha value is -2.84. The Labute approximate surface area is 171 Å². The van der Waals surface area contributed by atoms with Crippen molar-refractivity contribution < 1.29 is 28.9 Å². The lowest BCUT2D eigenvalue weighted by atomic mass is 9.99. The summed E-state index contributed by atoms with van der Waals surface area (Å²) in [5.41, 5.74) is 0.500. The van der Waals surface area contributed by atoms with Crippen molar-refractivity contribution in [3.63, 3.8) is 0 Å². The van der Waals surface area contributed by atoms with Gasteiger partial charge in [0.25, 0.3) is 11.7 Å². The number of Topliss-reactive ketones (excluding diaryl/α,β-unsaturated/α-hetero) is 1. The van der Waals surface area contributed by atoms with E-state index in [4.69, 9.17) is 14.2 Å². The van der Waals surface area contributed by atoms with Crippen LogP contribution in [0.3, 0.4) is 0 Å². The van der Waals surface area contributed by atoms with Crippen molar-refractivity contribution in [1.29, 1.82) is 0 Å². The number of nitrogens with zero attached hydrogens (tertiary/aromatic N) is 1. The van der Waals surface area contributed by atoms with Gasteiger partial charge < -0.3 is 24.2 Å². The highest BCUT2D eigenvalue weighted by Crippen LogP contribution is 2.43. The van der Waals surface area contributed by atoms with E-state index in [-0.39, 0.29) is 24.2 Å². The van der Waals surface area contributed by atoms with Crippen molar-refractivity contribution in [3.8, 4) is 11.5 Å².